The van der Waals surface area contributed by atoms with E-state index in [9.17, 15) is 13.2 Å². The average Bonchev–Trinajstić information content (AvgIpc) is 2.34. The maximum absolute atomic E-state index is 12.0. The van der Waals surface area contributed by atoms with Gasteiger partial charge < -0.3 is 10.6 Å². The van der Waals surface area contributed by atoms with E-state index in [-0.39, 0.29) is 10.8 Å². The van der Waals surface area contributed by atoms with E-state index in [0.717, 1.165) is 0 Å². The summed E-state index contributed by atoms with van der Waals surface area (Å²) in [6.45, 7) is 6.28. The van der Waals surface area contributed by atoms with Gasteiger partial charge in [0, 0.05) is 31.7 Å². The van der Waals surface area contributed by atoms with Gasteiger partial charge in [0.25, 0.3) is 0 Å². The Balaban J connectivity index is 2.61. The van der Waals surface area contributed by atoms with E-state index in [0.29, 0.717) is 24.8 Å². The molecule has 0 aliphatic carbocycles. The van der Waals surface area contributed by atoms with Gasteiger partial charge in [0.15, 0.2) is 0 Å². The van der Waals surface area contributed by atoms with Crippen molar-refractivity contribution >= 4 is 21.6 Å². The van der Waals surface area contributed by atoms with Gasteiger partial charge in [-0.1, -0.05) is 13.8 Å². The van der Waals surface area contributed by atoms with Crippen LogP contribution in [0.25, 0.3) is 0 Å². The van der Waals surface area contributed by atoms with Crippen LogP contribution in [0, 0.1) is 0 Å². The molecule has 0 atom stereocenters. The summed E-state index contributed by atoms with van der Waals surface area (Å²) in [4.78, 5) is 11.1. The second-order valence-electron chi connectivity index (χ2n) is 4.71. The van der Waals surface area contributed by atoms with Crippen molar-refractivity contribution in [2.24, 2.45) is 0 Å². The van der Waals surface area contributed by atoms with E-state index >= 15 is 0 Å². The Morgan fingerprint density at radius 2 is 1.75 bits per heavy atom. The van der Waals surface area contributed by atoms with Crippen molar-refractivity contribution in [2.75, 3.05) is 18.4 Å². The van der Waals surface area contributed by atoms with Gasteiger partial charge >= 0.3 is 0 Å². The Bertz CT molecular complexity index is 538. The van der Waals surface area contributed by atoms with Crippen LogP contribution in [0.3, 0.4) is 0 Å². The Labute approximate surface area is 120 Å². The lowest BCUT2D eigenvalue weighted by molar-refractivity contribution is -0.114. The van der Waals surface area contributed by atoms with Gasteiger partial charge in [0.1, 0.15) is 0 Å². The highest BCUT2D eigenvalue weighted by molar-refractivity contribution is 7.89. The third-order valence-electron chi connectivity index (χ3n) is 2.45. The molecule has 1 aromatic carbocycles. The van der Waals surface area contributed by atoms with E-state index in [1.54, 1.807) is 12.1 Å². The first-order valence-electron chi connectivity index (χ1n) is 6.42. The first-order chi connectivity index (χ1) is 9.31. The van der Waals surface area contributed by atoms with Crippen LogP contribution in [0.1, 0.15) is 20.8 Å². The number of nitrogens with one attached hydrogen (secondary N) is 3. The number of hydrogen-bond acceptors (Lipinski definition) is 4. The fourth-order valence-electron chi connectivity index (χ4n) is 1.55. The average molecular weight is 299 g/mol. The molecule has 7 heteroatoms. The van der Waals surface area contributed by atoms with Crippen molar-refractivity contribution in [3.05, 3.63) is 24.3 Å². The molecule has 20 heavy (non-hydrogen) atoms. The Hall–Kier alpha value is -1.44. The molecule has 0 aromatic heterocycles. The molecule has 0 radical (unpaired) electrons. The quantitative estimate of drug-likeness (QED) is 0.653. The predicted molar refractivity (Wildman–Crippen MR) is 79.1 cm³/mol. The molecule has 0 saturated carbocycles. The minimum absolute atomic E-state index is 0.177. The largest absolute Gasteiger partial charge is 0.326 e. The van der Waals surface area contributed by atoms with Crippen molar-refractivity contribution in [1.29, 1.82) is 0 Å². The van der Waals surface area contributed by atoms with Crippen molar-refractivity contribution < 1.29 is 13.2 Å². The van der Waals surface area contributed by atoms with Crippen molar-refractivity contribution in [2.45, 2.75) is 31.7 Å². The number of amides is 1. The normalized spacial score (nSPS) is 11.6. The smallest absolute Gasteiger partial charge is 0.240 e. The van der Waals surface area contributed by atoms with E-state index in [1.165, 1.54) is 19.1 Å². The van der Waals surface area contributed by atoms with Crippen molar-refractivity contribution in [3.63, 3.8) is 0 Å². The molecule has 3 N–H and O–H groups in total. The van der Waals surface area contributed by atoms with Crippen LogP contribution in [0.2, 0.25) is 0 Å². The van der Waals surface area contributed by atoms with Crippen molar-refractivity contribution in [1.82, 2.24) is 10.0 Å². The zero-order valence-electron chi connectivity index (χ0n) is 11.9. The second kappa shape index (κ2) is 7.37. The lowest BCUT2D eigenvalue weighted by Gasteiger charge is -2.10. The summed E-state index contributed by atoms with van der Waals surface area (Å²) in [5, 5.41) is 5.71. The zero-order valence-corrected chi connectivity index (χ0v) is 12.8. The second-order valence-corrected chi connectivity index (χ2v) is 6.48. The van der Waals surface area contributed by atoms with E-state index < -0.39 is 10.0 Å². The molecule has 112 valence electrons. The predicted octanol–water partition coefficient (Wildman–Crippen LogP) is 0.921. The number of hydrogen-bond donors (Lipinski definition) is 3. The fourth-order valence-corrected chi connectivity index (χ4v) is 2.58. The number of rotatable bonds is 7. The van der Waals surface area contributed by atoms with Gasteiger partial charge in [-0.15, -0.1) is 0 Å². The fraction of sp³-hybridized carbons (Fsp3) is 0.462. The first-order valence-corrected chi connectivity index (χ1v) is 7.90. The summed E-state index contributed by atoms with van der Waals surface area (Å²) >= 11 is 0. The molecular formula is C13H21N3O3S. The van der Waals surface area contributed by atoms with Gasteiger partial charge in [-0.3, -0.25) is 4.79 Å². The lowest BCUT2D eigenvalue weighted by Crippen LogP contribution is -2.34. The third kappa shape index (κ3) is 5.68. The molecule has 6 nitrogen and oxygen atoms in total. The molecule has 0 bridgehead atoms. The van der Waals surface area contributed by atoms with Crippen molar-refractivity contribution in [3.8, 4) is 0 Å². The summed E-state index contributed by atoms with van der Waals surface area (Å²) in [6, 6.07) is 6.36. The van der Waals surface area contributed by atoms with Crippen LogP contribution in [-0.2, 0) is 14.8 Å². The van der Waals surface area contributed by atoms with Crippen LogP contribution in [0.15, 0.2) is 29.2 Å². The molecule has 1 aromatic rings. The topological polar surface area (TPSA) is 87.3 Å². The van der Waals surface area contributed by atoms with Crippen LogP contribution < -0.4 is 15.4 Å². The van der Waals surface area contributed by atoms with E-state index in [1.807, 2.05) is 13.8 Å². The van der Waals surface area contributed by atoms with Gasteiger partial charge in [0.05, 0.1) is 4.90 Å². The SMILES string of the molecule is CC(=O)Nc1ccc(S(=O)(=O)NCCNC(C)C)cc1. The summed E-state index contributed by atoms with van der Waals surface area (Å²) < 4.78 is 26.5. The number of carbonyl (C=O) groups excluding carboxylic acids is 1. The molecule has 0 fully saturated rings. The van der Waals surface area contributed by atoms with Gasteiger partial charge in [0.2, 0.25) is 15.9 Å². The maximum Gasteiger partial charge on any atom is 0.240 e. The molecule has 1 amide bonds. The van der Waals surface area contributed by atoms with Gasteiger partial charge in [-0.2, -0.15) is 0 Å². The highest BCUT2D eigenvalue weighted by Crippen LogP contribution is 2.13. The van der Waals surface area contributed by atoms with E-state index in [2.05, 4.69) is 15.4 Å². The van der Waals surface area contributed by atoms with Gasteiger partial charge in [-0.05, 0) is 24.3 Å². The van der Waals surface area contributed by atoms with Crippen LogP contribution in [0.4, 0.5) is 5.69 Å². The molecule has 0 aliphatic rings. The zero-order chi connectivity index (χ0) is 15.2. The van der Waals surface area contributed by atoms with Gasteiger partial charge in [-0.25, -0.2) is 13.1 Å². The maximum atomic E-state index is 12.0. The Morgan fingerprint density at radius 3 is 2.25 bits per heavy atom. The summed E-state index contributed by atoms with van der Waals surface area (Å²) in [5.41, 5.74) is 0.568. The summed E-state index contributed by atoms with van der Waals surface area (Å²) in [6.07, 6.45) is 0. The Morgan fingerprint density at radius 1 is 1.15 bits per heavy atom. The summed E-state index contributed by atoms with van der Waals surface area (Å²) in [5.74, 6) is -0.196. The first kappa shape index (κ1) is 16.6. The minimum Gasteiger partial charge on any atom is -0.326 e. The molecule has 0 spiro atoms. The highest BCUT2D eigenvalue weighted by Gasteiger charge is 2.13. The van der Waals surface area contributed by atoms with Crippen LogP contribution in [0.5, 0.6) is 0 Å². The molecule has 0 aliphatic heterocycles. The monoisotopic (exact) mass is 299 g/mol. The van der Waals surface area contributed by atoms with Crippen LogP contribution in [-0.4, -0.2) is 33.5 Å². The number of carbonyl (C=O) groups is 1. The summed E-state index contributed by atoms with van der Waals surface area (Å²) in [7, 11) is -3.51. The highest BCUT2D eigenvalue weighted by atomic mass is 32.2. The third-order valence-corrected chi connectivity index (χ3v) is 3.93. The number of anilines is 1. The van der Waals surface area contributed by atoms with Crippen LogP contribution >= 0.6 is 0 Å². The standard InChI is InChI=1S/C13H21N3O3S/c1-10(2)14-8-9-15-20(18,19)13-6-4-12(5-7-13)16-11(3)17/h4-7,10,14-15H,8-9H2,1-3H3,(H,16,17). The minimum atomic E-state index is -3.51. The molecule has 1 rings (SSSR count). The lowest BCUT2D eigenvalue weighted by atomic mass is 10.3. The molecular weight excluding hydrogens is 278 g/mol. The Kier molecular flexibility index (Phi) is 6.12. The molecule has 0 unspecified atom stereocenters. The molecule has 0 saturated heterocycles. The molecule has 0 heterocycles. The number of sulfonamides is 1. The number of benzene rings is 1. The van der Waals surface area contributed by atoms with E-state index in [4.69, 9.17) is 0 Å².